The van der Waals surface area contributed by atoms with Gasteiger partial charge in [-0.25, -0.2) is 4.79 Å². The fourth-order valence-electron chi connectivity index (χ4n) is 2.92. The summed E-state index contributed by atoms with van der Waals surface area (Å²) in [7, 11) is 0. The minimum Gasteiger partial charge on any atom is -0.366 e. The van der Waals surface area contributed by atoms with Crippen molar-refractivity contribution in [3.63, 3.8) is 0 Å². The number of nitrogens with two attached hydrogens (primary N) is 1. The Balaban J connectivity index is 1.79. The van der Waals surface area contributed by atoms with E-state index in [0.29, 0.717) is 16.3 Å². The first kappa shape index (κ1) is 19.4. The van der Waals surface area contributed by atoms with Crippen LogP contribution < -0.4 is 16.4 Å². The molecule has 2 aromatic carbocycles. The fourth-order valence-corrected chi connectivity index (χ4v) is 3.10. The Hall–Kier alpha value is -3.39. The minimum absolute atomic E-state index is 0.204. The van der Waals surface area contributed by atoms with Crippen LogP contribution in [0.2, 0.25) is 5.02 Å². The van der Waals surface area contributed by atoms with Gasteiger partial charge in [0.25, 0.3) is 5.91 Å². The topological polar surface area (TPSA) is 122 Å². The van der Waals surface area contributed by atoms with E-state index in [-0.39, 0.29) is 5.56 Å². The molecule has 1 unspecified atom stereocenters. The Labute approximate surface area is 165 Å². The molecular formula is C19H17ClN4O4. The van der Waals surface area contributed by atoms with E-state index in [2.05, 4.69) is 10.6 Å². The van der Waals surface area contributed by atoms with Gasteiger partial charge in [0.15, 0.2) is 0 Å². The zero-order valence-electron chi connectivity index (χ0n) is 14.9. The van der Waals surface area contributed by atoms with Crippen molar-refractivity contribution in [3.05, 3.63) is 64.7 Å². The van der Waals surface area contributed by atoms with Gasteiger partial charge in [0.1, 0.15) is 12.1 Å². The molecule has 144 valence electrons. The largest absolute Gasteiger partial charge is 0.366 e. The summed E-state index contributed by atoms with van der Waals surface area (Å²) in [6, 6.07) is 12.0. The Morgan fingerprint density at radius 3 is 2.57 bits per heavy atom. The predicted octanol–water partition coefficient (Wildman–Crippen LogP) is 1.84. The second kappa shape index (κ2) is 7.32. The predicted molar refractivity (Wildman–Crippen MR) is 103 cm³/mol. The number of rotatable bonds is 5. The number of benzene rings is 2. The molecule has 1 heterocycles. The van der Waals surface area contributed by atoms with Crippen LogP contribution in [0, 0.1) is 0 Å². The third-order valence-electron chi connectivity index (χ3n) is 4.45. The maximum Gasteiger partial charge on any atom is 0.325 e. The van der Waals surface area contributed by atoms with E-state index in [1.54, 1.807) is 36.4 Å². The Morgan fingerprint density at radius 1 is 1.18 bits per heavy atom. The molecule has 0 spiro atoms. The first-order valence-corrected chi connectivity index (χ1v) is 8.69. The number of para-hydroxylation sites is 1. The molecule has 3 rings (SSSR count). The molecule has 1 atom stereocenters. The molecule has 28 heavy (non-hydrogen) atoms. The van der Waals surface area contributed by atoms with Gasteiger partial charge in [-0.05, 0) is 36.8 Å². The number of carbonyl (C=O) groups excluding carboxylic acids is 4. The molecular weight excluding hydrogens is 384 g/mol. The lowest BCUT2D eigenvalue weighted by molar-refractivity contribution is -0.133. The first-order chi connectivity index (χ1) is 13.2. The van der Waals surface area contributed by atoms with Crippen molar-refractivity contribution in [2.24, 2.45) is 5.73 Å². The summed E-state index contributed by atoms with van der Waals surface area (Å²) in [6.45, 7) is 1.01. The van der Waals surface area contributed by atoms with Gasteiger partial charge in [-0.2, -0.15) is 0 Å². The Morgan fingerprint density at radius 2 is 1.89 bits per heavy atom. The fraction of sp³-hybridized carbons (Fsp3) is 0.158. The summed E-state index contributed by atoms with van der Waals surface area (Å²) in [6.07, 6.45) is 0. The summed E-state index contributed by atoms with van der Waals surface area (Å²) in [5.41, 5.74) is 4.82. The number of hydrogen-bond donors (Lipinski definition) is 3. The van der Waals surface area contributed by atoms with Crippen molar-refractivity contribution in [2.45, 2.75) is 12.5 Å². The van der Waals surface area contributed by atoms with Crippen LogP contribution in [-0.2, 0) is 15.1 Å². The van der Waals surface area contributed by atoms with Gasteiger partial charge in [-0.15, -0.1) is 0 Å². The number of hydrogen-bond acceptors (Lipinski definition) is 4. The van der Waals surface area contributed by atoms with Crippen LogP contribution in [0.15, 0.2) is 48.5 Å². The van der Waals surface area contributed by atoms with Crippen LogP contribution in [-0.4, -0.2) is 35.2 Å². The van der Waals surface area contributed by atoms with E-state index in [4.69, 9.17) is 17.3 Å². The summed E-state index contributed by atoms with van der Waals surface area (Å²) >= 11 is 6.00. The second-order valence-corrected chi connectivity index (χ2v) is 6.83. The molecule has 0 radical (unpaired) electrons. The van der Waals surface area contributed by atoms with E-state index in [1.165, 1.54) is 19.1 Å². The summed E-state index contributed by atoms with van der Waals surface area (Å²) < 4.78 is 0. The molecule has 2 aromatic rings. The lowest BCUT2D eigenvalue weighted by atomic mass is 9.90. The third-order valence-corrected chi connectivity index (χ3v) is 4.78. The second-order valence-electron chi connectivity index (χ2n) is 6.42. The van der Waals surface area contributed by atoms with E-state index >= 15 is 0 Å². The number of nitrogens with one attached hydrogen (secondary N) is 2. The molecule has 8 nitrogen and oxygen atoms in total. The monoisotopic (exact) mass is 400 g/mol. The lowest BCUT2D eigenvalue weighted by Crippen LogP contribution is -2.42. The molecule has 0 bridgehead atoms. The molecule has 1 aliphatic rings. The highest BCUT2D eigenvalue weighted by Gasteiger charge is 2.49. The van der Waals surface area contributed by atoms with Gasteiger partial charge in [-0.3, -0.25) is 19.3 Å². The van der Waals surface area contributed by atoms with Crippen LogP contribution in [0.5, 0.6) is 0 Å². The maximum atomic E-state index is 12.9. The van der Waals surface area contributed by atoms with Crippen LogP contribution in [0.1, 0.15) is 22.8 Å². The van der Waals surface area contributed by atoms with Crippen LogP contribution in [0.3, 0.4) is 0 Å². The van der Waals surface area contributed by atoms with Crippen molar-refractivity contribution in [2.75, 3.05) is 11.9 Å². The zero-order chi connectivity index (χ0) is 20.5. The van der Waals surface area contributed by atoms with Gasteiger partial charge in [0, 0.05) is 5.56 Å². The molecule has 0 aliphatic carbocycles. The van der Waals surface area contributed by atoms with Crippen LogP contribution in [0.4, 0.5) is 10.5 Å². The highest BCUT2D eigenvalue weighted by atomic mass is 35.5. The van der Waals surface area contributed by atoms with Crippen molar-refractivity contribution < 1.29 is 19.2 Å². The number of anilines is 1. The Kier molecular flexibility index (Phi) is 5.06. The number of amides is 5. The maximum absolute atomic E-state index is 12.9. The van der Waals surface area contributed by atoms with Crippen molar-refractivity contribution >= 4 is 41.0 Å². The smallest absolute Gasteiger partial charge is 0.325 e. The van der Waals surface area contributed by atoms with Gasteiger partial charge < -0.3 is 16.4 Å². The average molecular weight is 401 g/mol. The van der Waals surface area contributed by atoms with Gasteiger partial charge in [0.05, 0.1) is 10.7 Å². The highest BCUT2D eigenvalue weighted by molar-refractivity contribution is 6.33. The molecule has 1 fully saturated rings. The van der Waals surface area contributed by atoms with E-state index in [1.807, 2.05) is 0 Å². The quantitative estimate of drug-likeness (QED) is 0.663. The average Bonchev–Trinajstić information content (AvgIpc) is 2.88. The number of carbonyl (C=O) groups is 4. The zero-order valence-corrected chi connectivity index (χ0v) is 15.6. The molecule has 4 N–H and O–H groups in total. The summed E-state index contributed by atoms with van der Waals surface area (Å²) in [5, 5.41) is 5.47. The normalized spacial score (nSPS) is 18.7. The molecule has 1 saturated heterocycles. The van der Waals surface area contributed by atoms with E-state index in [0.717, 1.165) is 4.90 Å². The molecule has 0 aromatic heterocycles. The van der Waals surface area contributed by atoms with E-state index in [9.17, 15) is 19.2 Å². The number of primary amides is 1. The van der Waals surface area contributed by atoms with Crippen molar-refractivity contribution in [1.82, 2.24) is 10.2 Å². The molecule has 1 aliphatic heterocycles. The number of imide groups is 1. The highest BCUT2D eigenvalue weighted by Crippen LogP contribution is 2.29. The standard InChI is InChI=1S/C19H17ClN4O4/c1-19(12-6-4-5-11(9-12)16(21)26)17(27)24(18(28)23-19)10-15(25)22-14-8-3-2-7-13(14)20/h2-9H,10H2,1H3,(H2,21,26)(H,22,25)(H,23,28). The Bertz CT molecular complexity index is 993. The van der Waals surface area contributed by atoms with Crippen LogP contribution >= 0.6 is 11.6 Å². The van der Waals surface area contributed by atoms with Crippen molar-refractivity contribution in [3.8, 4) is 0 Å². The number of nitrogens with zero attached hydrogens (tertiary/aromatic N) is 1. The third kappa shape index (κ3) is 3.54. The summed E-state index contributed by atoms with van der Waals surface area (Å²) in [4.78, 5) is 49.7. The molecule has 0 saturated carbocycles. The van der Waals surface area contributed by atoms with E-state index < -0.39 is 35.8 Å². The van der Waals surface area contributed by atoms with Gasteiger partial charge in [-0.1, -0.05) is 35.9 Å². The van der Waals surface area contributed by atoms with Crippen LogP contribution in [0.25, 0.3) is 0 Å². The molecule has 5 amide bonds. The SMILES string of the molecule is CC1(c2cccc(C(N)=O)c2)NC(=O)N(CC(=O)Nc2ccccc2Cl)C1=O. The van der Waals surface area contributed by atoms with Gasteiger partial charge in [0.2, 0.25) is 11.8 Å². The minimum atomic E-state index is -1.42. The molecule has 9 heteroatoms. The van der Waals surface area contributed by atoms with Gasteiger partial charge >= 0.3 is 6.03 Å². The number of halogens is 1. The lowest BCUT2D eigenvalue weighted by Gasteiger charge is -2.22. The summed E-state index contributed by atoms with van der Waals surface area (Å²) in [5.74, 6) is -1.85. The number of urea groups is 1. The first-order valence-electron chi connectivity index (χ1n) is 8.31. The van der Waals surface area contributed by atoms with Crippen molar-refractivity contribution in [1.29, 1.82) is 0 Å².